The van der Waals surface area contributed by atoms with Crippen LogP contribution in [0.25, 0.3) is 10.3 Å². The summed E-state index contributed by atoms with van der Waals surface area (Å²) in [4.78, 5) is 15.0. The summed E-state index contributed by atoms with van der Waals surface area (Å²) in [6.45, 7) is 2.73. The minimum absolute atomic E-state index is 0.257. The minimum Gasteiger partial charge on any atom is -0.508 e. The molecule has 0 fully saturated rings. The van der Waals surface area contributed by atoms with E-state index in [1.54, 1.807) is 23.9 Å². The first-order chi connectivity index (χ1) is 14.2. The molecule has 2 heterocycles. The maximum absolute atomic E-state index is 9.47. The fourth-order valence-corrected chi connectivity index (χ4v) is 4.30. The van der Waals surface area contributed by atoms with E-state index in [2.05, 4.69) is 17.6 Å². The summed E-state index contributed by atoms with van der Waals surface area (Å²) >= 11 is 3.17. The molecule has 148 valence electrons. The third kappa shape index (κ3) is 4.96. The Morgan fingerprint density at radius 2 is 1.79 bits per heavy atom. The van der Waals surface area contributed by atoms with Crippen molar-refractivity contribution in [3.8, 4) is 5.75 Å². The first-order valence-corrected chi connectivity index (χ1v) is 11.2. The summed E-state index contributed by atoms with van der Waals surface area (Å²) in [6.07, 6.45) is 1.06. The molecule has 0 unspecified atom stereocenters. The SMILES string of the molecule is CCCSc1nc(NCc2ccc(O)cc2)c2nc(Nc3ccccc3)sc2n1. The van der Waals surface area contributed by atoms with Crippen LogP contribution in [0.15, 0.2) is 59.8 Å². The Kier molecular flexibility index (Phi) is 6.12. The molecule has 3 N–H and O–H groups in total. The average molecular weight is 424 g/mol. The van der Waals surface area contributed by atoms with Crippen molar-refractivity contribution >= 4 is 50.1 Å². The van der Waals surface area contributed by atoms with Crippen molar-refractivity contribution in [3.63, 3.8) is 0 Å². The Balaban J connectivity index is 1.62. The van der Waals surface area contributed by atoms with E-state index in [1.807, 2.05) is 42.5 Å². The number of benzene rings is 2. The molecular formula is C21H21N5OS2. The zero-order valence-corrected chi connectivity index (χ0v) is 17.6. The third-order valence-corrected chi connectivity index (χ3v) is 6.01. The van der Waals surface area contributed by atoms with Crippen molar-refractivity contribution in [2.24, 2.45) is 0 Å². The van der Waals surface area contributed by atoms with Crippen LogP contribution in [0.1, 0.15) is 18.9 Å². The molecule has 0 amide bonds. The maximum Gasteiger partial charge on any atom is 0.191 e. The molecule has 6 nitrogen and oxygen atoms in total. The number of thiazole rings is 1. The number of thioether (sulfide) groups is 1. The standard InChI is InChI=1S/C21H21N5OS2/c1-2-12-28-20-25-18(22-13-14-8-10-16(27)11-9-14)17-19(26-20)29-21(24-17)23-15-6-4-3-5-7-15/h3-11,27H,2,12-13H2,1H3,(H,23,24)(H,22,25,26). The molecule has 0 radical (unpaired) electrons. The number of hydrogen-bond acceptors (Lipinski definition) is 8. The summed E-state index contributed by atoms with van der Waals surface area (Å²) in [5.74, 6) is 1.95. The number of hydrogen-bond donors (Lipinski definition) is 3. The maximum atomic E-state index is 9.47. The number of anilines is 3. The summed E-state index contributed by atoms with van der Waals surface area (Å²) in [5, 5.41) is 17.7. The van der Waals surface area contributed by atoms with Gasteiger partial charge in [-0.3, -0.25) is 0 Å². The molecule has 0 saturated heterocycles. The molecule has 0 spiro atoms. The third-order valence-electron chi connectivity index (χ3n) is 4.09. The lowest BCUT2D eigenvalue weighted by atomic mass is 10.2. The summed E-state index contributed by atoms with van der Waals surface area (Å²) in [5.41, 5.74) is 2.79. The van der Waals surface area contributed by atoms with Gasteiger partial charge in [-0.25, -0.2) is 15.0 Å². The molecular weight excluding hydrogens is 402 g/mol. The van der Waals surface area contributed by atoms with Crippen LogP contribution in [0, 0.1) is 0 Å². The van der Waals surface area contributed by atoms with E-state index in [-0.39, 0.29) is 5.75 Å². The Hall–Kier alpha value is -2.84. The number of aromatic hydroxyl groups is 1. The van der Waals surface area contributed by atoms with E-state index in [9.17, 15) is 5.11 Å². The van der Waals surface area contributed by atoms with E-state index in [0.29, 0.717) is 6.54 Å². The number of para-hydroxylation sites is 1. The Morgan fingerprint density at radius 3 is 2.55 bits per heavy atom. The van der Waals surface area contributed by atoms with Crippen LogP contribution in [0.2, 0.25) is 0 Å². The predicted octanol–water partition coefficient (Wildman–Crippen LogP) is 5.65. The fourth-order valence-electron chi connectivity index (χ4n) is 2.68. The number of nitrogens with zero attached hydrogens (tertiary/aromatic N) is 3. The molecule has 4 aromatic rings. The van der Waals surface area contributed by atoms with Crippen LogP contribution >= 0.6 is 23.1 Å². The van der Waals surface area contributed by atoms with Crippen molar-refractivity contribution in [3.05, 3.63) is 60.2 Å². The summed E-state index contributed by atoms with van der Waals surface area (Å²) in [7, 11) is 0. The fraction of sp³-hybridized carbons (Fsp3) is 0.190. The normalized spacial score (nSPS) is 10.9. The van der Waals surface area contributed by atoms with E-state index < -0.39 is 0 Å². The van der Waals surface area contributed by atoms with Gasteiger partial charge in [0.1, 0.15) is 11.3 Å². The molecule has 8 heteroatoms. The van der Waals surface area contributed by atoms with Gasteiger partial charge in [-0.15, -0.1) is 0 Å². The van der Waals surface area contributed by atoms with Gasteiger partial charge in [0.15, 0.2) is 20.9 Å². The second-order valence-electron chi connectivity index (χ2n) is 6.39. The first kappa shape index (κ1) is 19.5. The Bertz CT molecular complexity index is 1080. The van der Waals surface area contributed by atoms with Crippen LogP contribution in [0.5, 0.6) is 5.75 Å². The number of nitrogens with one attached hydrogen (secondary N) is 2. The van der Waals surface area contributed by atoms with Crippen molar-refractivity contribution < 1.29 is 5.11 Å². The number of phenols is 1. The van der Waals surface area contributed by atoms with Crippen LogP contribution < -0.4 is 10.6 Å². The summed E-state index contributed by atoms with van der Waals surface area (Å²) in [6, 6.07) is 17.1. The van der Waals surface area contributed by atoms with E-state index in [4.69, 9.17) is 15.0 Å². The molecule has 0 saturated carbocycles. The van der Waals surface area contributed by atoms with Gasteiger partial charge in [0, 0.05) is 18.0 Å². The highest BCUT2D eigenvalue weighted by Crippen LogP contribution is 2.32. The highest BCUT2D eigenvalue weighted by atomic mass is 32.2. The van der Waals surface area contributed by atoms with Crippen LogP contribution in [-0.2, 0) is 6.54 Å². The zero-order valence-electron chi connectivity index (χ0n) is 15.9. The monoisotopic (exact) mass is 423 g/mol. The van der Waals surface area contributed by atoms with E-state index >= 15 is 0 Å². The topological polar surface area (TPSA) is 83.0 Å². The van der Waals surface area contributed by atoms with Gasteiger partial charge in [0.2, 0.25) is 0 Å². The number of aromatic nitrogens is 3. The van der Waals surface area contributed by atoms with Gasteiger partial charge >= 0.3 is 0 Å². The molecule has 0 aliphatic carbocycles. The smallest absolute Gasteiger partial charge is 0.191 e. The van der Waals surface area contributed by atoms with Gasteiger partial charge in [-0.2, -0.15) is 0 Å². The van der Waals surface area contributed by atoms with Crippen LogP contribution in [0.4, 0.5) is 16.6 Å². The van der Waals surface area contributed by atoms with E-state index in [1.165, 1.54) is 11.3 Å². The summed E-state index contributed by atoms with van der Waals surface area (Å²) < 4.78 is 0. The van der Waals surface area contributed by atoms with E-state index in [0.717, 1.165) is 49.9 Å². The quantitative estimate of drug-likeness (QED) is 0.249. The first-order valence-electron chi connectivity index (χ1n) is 9.36. The lowest BCUT2D eigenvalue weighted by Gasteiger charge is -2.08. The predicted molar refractivity (Wildman–Crippen MR) is 121 cm³/mol. The van der Waals surface area contributed by atoms with Crippen molar-refractivity contribution in [2.45, 2.75) is 25.0 Å². The largest absolute Gasteiger partial charge is 0.508 e. The molecule has 0 bridgehead atoms. The second-order valence-corrected chi connectivity index (χ2v) is 8.43. The highest BCUT2D eigenvalue weighted by Gasteiger charge is 2.14. The molecule has 0 atom stereocenters. The number of fused-ring (bicyclic) bond motifs is 1. The van der Waals surface area contributed by atoms with Gasteiger partial charge in [-0.05, 0) is 36.2 Å². The lowest BCUT2D eigenvalue weighted by Crippen LogP contribution is -2.04. The molecule has 2 aromatic carbocycles. The molecule has 2 aromatic heterocycles. The second kappa shape index (κ2) is 9.11. The Labute approximate surface area is 177 Å². The molecule has 29 heavy (non-hydrogen) atoms. The van der Waals surface area contributed by atoms with Crippen molar-refractivity contribution in [1.82, 2.24) is 15.0 Å². The highest BCUT2D eigenvalue weighted by molar-refractivity contribution is 7.99. The zero-order chi connectivity index (χ0) is 20.1. The lowest BCUT2D eigenvalue weighted by molar-refractivity contribution is 0.475. The van der Waals surface area contributed by atoms with Crippen LogP contribution in [-0.4, -0.2) is 25.8 Å². The van der Waals surface area contributed by atoms with Crippen molar-refractivity contribution in [2.75, 3.05) is 16.4 Å². The number of phenolic OH excluding ortho intramolecular Hbond substituents is 1. The van der Waals surface area contributed by atoms with Gasteiger partial charge in [0.05, 0.1) is 0 Å². The molecule has 4 rings (SSSR count). The Morgan fingerprint density at radius 1 is 1.00 bits per heavy atom. The molecule has 0 aliphatic heterocycles. The van der Waals surface area contributed by atoms with Crippen LogP contribution in [0.3, 0.4) is 0 Å². The van der Waals surface area contributed by atoms with Crippen molar-refractivity contribution in [1.29, 1.82) is 0 Å². The van der Waals surface area contributed by atoms with Gasteiger partial charge in [-0.1, -0.05) is 60.4 Å². The van der Waals surface area contributed by atoms with Gasteiger partial charge < -0.3 is 15.7 Å². The molecule has 0 aliphatic rings. The van der Waals surface area contributed by atoms with Gasteiger partial charge in [0.25, 0.3) is 0 Å². The number of rotatable bonds is 8. The average Bonchev–Trinajstić information content (AvgIpc) is 3.14. The minimum atomic E-state index is 0.257.